The number of nitrogens with zero attached hydrogens (tertiary/aromatic N) is 1. The first-order valence-corrected chi connectivity index (χ1v) is 34.3. The molecule has 0 aromatic carbocycles. The van der Waals surface area contributed by atoms with Crippen molar-refractivity contribution in [2.24, 2.45) is 0 Å². The van der Waals surface area contributed by atoms with Gasteiger partial charge in [-0.3, -0.25) is 14.2 Å². The number of hydrogen-bond donors (Lipinski definition) is 0. The second kappa shape index (κ2) is 62.9. The number of hydrogen-bond acceptors (Lipinski definition) is 8. The predicted molar refractivity (Wildman–Crippen MR) is 360 cm³/mol. The van der Waals surface area contributed by atoms with E-state index in [0.717, 1.165) is 148 Å². The van der Waals surface area contributed by atoms with E-state index in [1.54, 1.807) is 0 Å². The van der Waals surface area contributed by atoms with Crippen molar-refractivity contribution in [3.8, 4) is 0 Å². The minimum Gasteiger partial charge on any atom is -0.756 e. The molecule has 0 spiro atoms. The van der Waals surface area contributed by atoms with E-state index in [1.807, 2.05) is 21.1 Å². The third kappa shape index (κ3) is 66.5. The first kappa shape index (κ1) is 79.4. The maximum atomic E-state index is 12.8. The number of likely N-dealkylation sites (N-methyl/N-ethyl adjacent to an activating group) is 1. The van der Waals surface area contributed by atoms with Gasteiger partial charge in [-0.1, -0.05) is 261 Å². The number of esters is 2. The minimum absolute atomic E-state index is 0.0437. The Balaban J connectivity index is 4.14. The molecule has 0 aliphatic rings. The normalized spacial score (nSPS) is 14.3. The van der Waals surface area contributed by atoms with Gasteiger partial charge in [0.2, 0.25) is 0 Å². The fourth-order valence-electron chi connectivity index (χ4n) is 8.26. The van der Waals surface area contributed by atoms with Gasteiger partial charge in [-0.25, -0.2) is 0 Å². The first-order chi connectivity index (χ1) is 41.0. The van der Waals surface area contributed by atoms with Crippen molar-refractivity contribution in [2.45, 2.75) is 238 Å². The van der Waals surface area contributed by atoms with E-state index in [0.29, 0.717) is 23.9 Å². The number of phosphoric ester groups is 1. The third-order valence-electron chi connectivity index (χ3n) is 13.2. The smallest absolute Gasteiger partial charge is 0.306 e. The predicted octanol–water partition coefficient (Wildman–Crippen LogP) is 20.7. The SMILES string of the molecule is CC/C=C\C/C=C\C/C=C\C/C=C\C/C=C\C/C=C\C/C=C\C/C=C\C/C=C\CCCCCCCCCCCCCC(=O)OC(COC(=O)CCCCCCC/C=C\C/C=C\C/C=C\C/C=C\C/C=C\CC)COP(=O)([O-])OCC[N+](C)(C)C. The van der Waals surface area contributed by atoms with Gasteiger partial charge < -0.3 is 27.9 Å². The quantitative estimate of drug-likeness (QED) is 0.0195. The lowest BCUT2D eigenvalue weighted by molar-refractivity contribution is -0.870. The zero-order valence-electron chi connectivity index (χ0n) is 53.8. The fraction of sp³-hybridized carbons (Fsp3) is 0.595. The Morgan fingerprint density at radius 1 is 0.369 bits per heavy atom. The van der Waals surface area contributed by atoms with E-state index >= 15 is 0 Å². The standard InChI is InChI=1S/C74H120NO8P/c1-6-8-10-12-14-16-18-20-22-24-26-28-29-30-31-32-33-34-35-36-37-38-39-40-41-42-43-44-45-47-49-51-53-55-57-59-61-63-65-67-74(77)83-72(71-82-84(78,79)81-69-68-75(3,4)5)70-80-73(76)66-64-62-60-58-56-54-52-50-48-46-27-25-23-21-19-17-15-13-11-9-7-2/h8-11,14-17,20-23,26-28,30-31,33-34,36-37,39-40,42-43,46,50,52,72H,6-7,12-13,18-19,24-25,29,32,35,38,41,44-45,47-49,51,53-71H2,1-5H3/b10-8-,11-9-,16-14-,17-15-,22-20-,23-21-,28-26-,31-30-,34-33-,37-36-,40-39-,43-42-,46-27-,52-50-. The van der Waals surface area contributed by atoms with E-state index in [9.17, 15) is 19.0 Å². The van der Waals surface area contributed by atoms with Gasteiger partial charge in [-0.05, 0) is 128 Å². The van der Waals surface area contributed by atoms with Crippen LogP contribution in [0, 0.1) is 0 Å². The summed E-state index contributed by atoms with van der Waals surface area (Å²) in [5.41, 5.74) is 0. The number of ether oxygens (including phenoxy) is 2. The summed E-state index contributed by atoms with van der Waals surface area (Å²) in [6.45, 7) is 3.97. The Bertz CT molecular complexity index is 2020. The lowest BCUT2D eigenvalue weighted by atomic mass is 10.0. The zero-order chi connectivity index (χ0) is 61.2. The number of unbranched alkanes of at least 4 members (excludes halogenated alkanes) is 16. The molecule has 474 valence electrons. The van der Waals surface area contributed by atoms with Crippen molar-refractivity contribution in [1.29, 1.82) is 0 Å². The van der Waals surface area contributed by atoms with Crippen LogP contribution in [-0.2, 0) is 32.7 Å². The summed E-state index contributed by atoms with van der Waals surface area (Å²) in [7, 11) is 1.13. The van der Waals surface area contributed by atoms with Gasteiger partial charge >= 0.3 is 11.9 Å². The summed E-state index contributed by atoms with van der Waals surface area (Å²) in [6, 6.07) is 0. The van der Waals surface area contributed by atoms with Crippen molar-refractivity contribution < 1.29 is 42.1 Å². The molecule has 10 heteroatoms. The molecule has 0 saturated heterocycles. The molecule has 0 aromatic rings. The molecule has 0 N–H and O–H groups in total. The van der Waals surface area contributed by atoms with Crippen molar-refractivity contribution >= 4 is 19.8 Å². The number of quaternary nitrogens is 1. The van der Waals surface area contributed by atoms with Crippen LogP contribution in [0.4, 0.5) is 0 Å². The molecule has 0 amide bonds. The summed E-state index contributed by atoms with van der Waals surface area (Å²) in [6.07, 6.45) is 95.6. The summed E-state index contributed by atoms with van der Waals surface area (Å²) in [5.74, 6) is -0.870. The zero-order valence-corrected chi connectivity index (χ0v) is 54.7. The monoisotopic (exact) mass is 1180 g/mol. The van der Waals surface area contributed by atoms with Crippen LogP contribution in [0.2, 0.25) is 0 Å². The van der Waals surface area contributed by atoms with E-state index in [-0.39, 0.29) is 26.1 Å². The van der Waals surface area contributed by atoms with Crippen molar-refractivity contribution in [2.75, 3.05) is 47.5 Å². The van der Waals surface area contributed by atoms with Crippen molar-refractivity contribution in [1.82, 2.24) is 0 Å². The highest BCUT2D eigenvalue weighted by atomic mass is 31.2. The van der Waals surface area contributed by atoms with Crippen molar-refractivity contribution in [3.05, 3.63) is 170 Å². The van der Waals surface area contributed by atoms with Crippen LogP contribution in [0.15, 0.2) is 170 Å². The molecule has 0 aromatic heterocycles. The van der Waals surface area contributed by atoms with E-state index in [2.05, 4.69) is 184 Å². The second-order valence-electron chi connectivity index (χ2n) is 22.4. The van der Waals surface area contributed by atoms with Gasteiger partial charge in [0.15, 0.2) is 6.10 Å². The molecular weight excluding hydrogens is 1060 g/mol. The lowest BCUT2D eigenvalue weighted by Gasteiger charge is -2.28. The van der Waals surface area contributed by atoms with Gasteiger partial charge in [0.05, 0.1) is 27.7 Å². The maximum absolute atomic E-state index is 12.8. The number of rotatable bonds is 58. The van der Waals surface area contributed by atoms with Crippen LogP contribution in [-0.4, -0.2) is 70.0 Å². The fourth-order valence-corrected chi connectivity index (χ4v) is 8.99. The molecule has 84 heavy (non-hydrogen) atoms. The molecule has 0 aliphatic carbocycles. The summed E-state index contributed by atoms with van der Waals surface area (Å²) in [5, 5.41) is 0. The van der Waals surface area contributed by atoms with E-state index in [1.165, 1.54) is 44.9 Å². The Hall–Kier alpha value is -4.63. The largest absolute Gasteiger partial charge is 0.756 e. The first-order valence-electron chi connectivity index (χ1n) is 32.8. The van der Waals surface area contributed by atoms with Gasteiger partial charge in [0.25, 0.3) is 7.82 Å². The Labute approximate surface area is 515 Å². The molecule has 0 bridgehead atoms. The molecule has 2 atom stereocenters. The Morgan fingerprint density at radius 2 is 0.643 bits per heavy atom. The Morgan fingerprint density at radius 3 is 0.952 bits per heavy atom. The molecule has 0 saturated carbocycles. The Kier molecular flexibility index (Phi) is 59.4. The highest BCUT2D eigenvalue weighted by Gasteiger charge is 2.22. The maximum Gasteiger partial charge on any atom is 0.306 e. The van der Waals surface area contributed by atoms with Gasteiger partial charge in [0, 0.05) is 12.8 Å². The highest BCUT2D eigenvalue weighted by Crippen LogP contribution is 2.38. The second-order valence-corrected chi connectivity index (χ2v) is 23.8. The van der Waals surface area contributed by atoms with Crippen LogP contribution in [0.3, 0.4) is 0 Å². The molecule has 0 aliphatic heterocycles. The van der Waals surface area contributed by atoms with Gasteiger partial charge in [-0.15, -0.1) is 0 Å². The molecule has 0 radical (unpaired) electrons. The minimum atomic E-state index is -4.66. The number of phosphoric acid groups is 1. The summed E-state index contributed by atoms with van der Waals surface area (Å²) < 4.78 is 34.2. The average Bonchev–Trinajstić information content (AvgIpc) is 3.61. The van der Waals surface area contributed by atoms with Crippen molar-refractivity contribution in [3.63, 3.8) is 0 Å². The third-order valence-corrected chi connectivity index (χ3v) is 14.2. The lowest BCUT2D eigenvalue weighted by Crippen LogP contribution is -2.37. The molecule has 0 rings (SSSR count). The molecular formula is C74H120NO8P. The molecule has 9 nitrogen and oxygen atoms in total. The number of carbonyl (C=O) groups excluding carboxylic acids is 2. The average molecular weight is 1180 g/mol. The topological polar surface area (TPSA) is 111 Å². The van der Waals surface area contributed by atoms with Crippen LogP contribution in [0.25, 0.3) is 0 Å². The molecule has 0 heterocycles. The van der Waals surface area contributed by atoms with Gasteiger partial charge in [0.1, 0.15) is 19.8 Å². The van der Waals surface area contributed by atoms with Gasteiger partial charge in [-0.2, -0.15) is 0 Å². The van der Waals surface area contributed by atoms with Crippen LogP contribution >= 0.6 is 7.82 Å². The molecule has 2 unspecified atom stereocenters. The highest BCUT2D eigenvalue weighted by molar-refractivity contribution is 7.45. The van der Waals surface area contributed by atoms with Crippen LogP contribution in [0.5, 0.6) is 0 Å². The summed E-state index contributed by atoms with van der Waals surface area (Å²) >= 11 is 0. The number of carbonyl (C=O) groups is 2. The molecule has 0 fully saturated rings. The van der Waals surface area contributed by atoms with E-state index < -0.39 is 32.5 Å². The van der Waals surface area contributed by atoms with Crippen LogP contribution in [0.1, 0.15) is 232 Å². The summed E-state index contributed by atoms with van der Waals surface area (Å²) in [4.78, 5) is 38.0. The van der Waals surface area contributed by atoms with E-state index in [4.69, 9.17) is 18.5 Å². The van der Waals surface area contributed by atoms with Crippen LogP contribution < -0.4 is 4.89 Å². The number of allylic oxidation sites excluding steroid dienone is 28.